The molecule has 0 unspecified atom stereocenters. The van der Waals surface area contributed by atoms with Gasteiger partial charge in [-0.05, 0) is 32.1 Å². The standard InChI is InChI=1S/C19H29N7O/c1-14(2)6-10-26-17(11-15(3)24-26)23-19(27)22-16-5-4-9-25(13-16)18-12-20-7-8-21-18/h7-8,11-12,14,16H,4-6,9-10,13H2,1-3H3,(H2,22,23,27)/t16-/m1/s1. The van der Waals surface area contributed by atoms with Gasteiger partial charge in [0, 0.05) is 44.1 Å². The number of anilines is 2. The highest BCUT2D eigenvalue weighted by Crippen LogP contribution is 2.17. The SMILES string of the molecule is Cc1cc(NC(=O)N[C@@H]2CCCN(c3cnccn3)C2)n(CCC(C)C)n1. The fourth-order valence-electron chi connectivity index (χ4n) is 3.29. The van der Waals surface area contributed by atoms with Crippen molar-refractivity contribution in [3.05, 3.63) is 30.4 Å². The number of hydrogen-bond acceptors (Lipinski definition) is 5. The van der Waals surface area contributed by atoms with Crippen LogP contribution in [0.25, 0.3) is 0 Å². The first kappa shape index (κ1) is 19.1. The molecule has 2 aromatic heterocycles. The van der Waals surface area contributed by atoms with E-state index in [4.69, 9.17) is 0 Å². The molecular weight excluding hydrogens is 342 g/mol. The summed E-state index contributed by atoms with van der Waals surface area (Å²) in [5.74, 6) is 2.18. The van der Waals surface area contributed by atoms with Crippen molar-refractivity contribution in [3.8, 4) is 0 Å². The normalized spacial score (nSPS) is 17.2. The summed E-state index contributed by atoms with van der Waals surface area (Å²) in [6.45, 7) is 8.77. The summed E-state index contributed by atoms with van der Waals surface area (Å²) in [6.07, 6.45) is 8.11. The van der Waals surface area contributed by atoms with Gasteiger partial charge < -0.3 is 10.2 Å². The van der Waals surface area contributed by atoms with E-state index in [-0.39, 0.29) is 12.1 Å². The lowest BCUT2D eigenvalue weighted by Gasteiger charge is -2.33. The van der Waals surface area contributed by atoms with E-state index in [1.165, 1.54) is 0 Å². The first-order chi connectivity index (χ1) is 13.0. The van der Waals surface area contributed by atoms with Crippen LogP contribution in [0.1, 0.15) is 38.8 Å². The molecule has 3 heterocycles. The van der Waals surface area contributed by atoms with Gasteiger partial charge in [0.15, 0.2) is 0 Å². The summed E-state index contributed by atoms with van der Waals surface area (Å²) >= 11 is 0. The Bertz CT molecular complexity index is 744. The molecule has 0 bridgehead atoms. The number of carbonyl (C=O) groups is 1. The number of nitrogens with one attached hydrogen (secondary N) is 2. The Hall–Kier alpha value is -2.64. The van der Waals surface area contributed by atoms with Crippen molar-refractivity contribution in [1.82, 2.24) is 25.1 Å². The third-order valence-electron chi connectivity index (χ3n) is 4.69. The monoisotopic (exact) mass is 371 g/mol. The average Bonchev–Trinajstić information content (AvgIpc) is 3.00. The predicted molar refractivity (Wildman–Crippen MR) is 106 cm³/mol. The minimum absolute atomic E-state index is 0.0777. The number of urea groups is 1. The van der Waals surface area contributed by atoms with Crippen LogP contribution in [0, 0.1) is 12.8 Å². The molecule has 0 radical (unpaired) electrons. The van der Waals surface area contributed by atoms with Crippen molar-refractivity contribution in [1.29, 1.82) is 0 Å². The van der Waals surface area contributed by atoms with Crippen LogP contribution in [-0.2, 0) is 6.54 Å². The van der Waals surface area contributed by atoms with Crippen LogP contribution in [0.15, 0.2) is 24.7 Å². The molecule has 2 aromatic rings. The number of amides is 2. The third kappa shape index (κ3) is 5.42. The van der Waals surface area contributed by atoms with Gasteiger partial charge in [-0.1, -0.05) is 13.8 Å². The first-order valence-electron chi connectivity index (χ1n) is 9.64. The van der Waals surface area contributed by atoms with Crippen LogP contribution in [0.4, 0.5) is 16.4 Å². The van der Waals surface area contributed by atoms with Gasteiger partial charge in [-0.15, -0.1) is 0 Å². The third-order valence-corrected chi connectivity index (χ3v) is 4.69. The lowest BCUT2D eigenvalue weighted by atomic mass is 10.1. The van der Waals surface area contributed by atoms with Crippen LogP contribution in [0.3, 0.4) is 0 Å². The topological polar surface area (TPSA) is 88.0 Å². The van der Waals surface area contributed by atoms with E-state index in [2.05, 4.69) is 44.4 Å². The van der Waals surface area contributed by atoms with E-state index in [0.717, 1.165) is 56.2 Å². The van der Waals surface area contributed by atoms with Crippen LogP contribution in [-0.4, -0.2) is 44.9 Å². The van der Waals surface area contributed by atoms with Crippen LogP contribution in [0.2, 0.25) is 0 Å². The largest absolute Gasteiger partial charge is 0.353 e. The van der Waals surface area contributed by atoms with Gasteiger partial charge in [0.05, 0.1) is 11.9 Å². The van der Waals surface area contributed by atoms with E-state index >= 15 is 0 Å². The van der Waals surface area contributed by atoms with Gasteiger partial charge in [-0.3, -0.25) is 10.3 Å². The molecule has 1 saturated heterocycles. The summed E-state index contributed by atoms with van der Waals surface area (Å²) in [5.41, 5.74) is 0.903. The highest BCUT2D eigenvalue weighted by atomic mass is 16.2. The number of rotatable bonds is 6. The van der Waals surface area contributed by atoms with Crippen LogP contribution in [0.5, 0.6) is 0 Å². The molecule has 1 atom stereocenters. The number of piperidine rings is 1. The molecule has 8 nitrogen and oxygen atoms in total. The zero-order chi connectivity index (χ0) is 19.2. The van der Waals surface area contributed by atoms with E-state index in [0.29, 0.717) is 5.92 Å². The first-order valence-corrected chi connectivity index (χ1v) is 9.64. The van der Waals surface area contributed by atoms with E-state index in [9.17, 15) is 4.79 Å². The summed E-state index contributed by atoms with van der Waals surface area (Å²) in [4.78, 5) is 23.2. The Morgan fingerprint density at radius 3 is 2.96 bits per heavy atom. The minimum Gasteiger partial charge on any atom is -0.353 e. The molecule has 0 aliphatic carbocycles. The molecular formula is C19H29N7O. The molecule has 0 aromatic carbocycles. The molecule has 0 spiro atoms. The molecule has 1 aliphatic rings. The average molecular weight is 371 g/mol. The summed E-state index contributed by atoms with van der Waals surface area (Å²) in [7, 11) is 0. The Morgan fingerprint density at radius 1 is 1.37 bits per heavy atom. The van der Waals surface area contributed by atoms with Gasteiger partial charge in [-0.2, -0.15) is 5.10 Å². The lowest BCUT2D eigenvalue weighted by Crippen LogP contribution is -2.49. The zero-order valence-corrected chi connectivity index (χ0v) is 16.4. The Labute approximate surface area is 160 Å². The summed E-state index contributed by atoms with van der Waals surface area (Å²) in [6, 6.07) is 1.80. The second kappa shape index (κ2) is 8.83. The second-order valence-corrected chi connectivity index (χ2v) is 7.52. The molecule has 2 amide bonds. The van der Waals surface area contributed by atoms with Crippen molar-refractivity contribution in [2.75, 3.05) is 23.3 Å². The van der Waals surface area contributed by atoms with Crippen molar-refractivity contribution in [2.45, 2.75) is 52.6 Å². The number of nitrogens with zero attached hydrogens (tertiary/aromatic N) is 5. The fraction of sp³-hybridized carbons (Fsp3) is 0.579. The van der Waals surface area contributed by atoms with Crippen molar-refractivity contribution in [2.24, 2.45) is 5.92 Å². The molecule has 1 aliphatic heterocycles. The highest BCUT2D eigenvalue weighted by molar-refractivity contribution is 5.88. The number of aromatic nitrogens is 4. The Kier molecular flexibility index (Phi) is 6.26. The van der Waals surface area contributed by atoms with Gasteiger partial charge >= 0.3 is 6.03 Å². The molecule has 27 heavy (non-hydrogen) atoms. The van der Waals surface area contributed by atoms with Crippen molar-refractivity contribution < 1.29 is 4.79 Å². The maximum Gasteiger partial charge on any atom is 0.320 e. The van der Waals surface area contributed by atoms with E-state index < -0.39 is 0 Å². The number of carbonyl (C=O) groups excluding carboxylic acids is 1. The number of aryl methyl sites for hydroxylation is 2. The van der Waals surface area contributed by atoms with Gasteiger partial charge in [0.25, 0.3) is 0 Å². The smallest absolute Gasteiger partial charge is 0.320 e. The maximum absolute atomic E-state index is 12.5. The molecule has 2 N–H and O–H groups in total. The lowest BCUT2D eigenvalue weighted by molar-refractivity contribution is 0.246. The number of hydrogen-bond donors (Lipinski definition) is 2. The van der Waals surface area contributed by atoms with Crippen LogP contribution < -0.4 is 15.5 Å². The summed E-state index contributed by atoms with van der Waals surface area (Å²) in [5, 5.41) is 10.5. The minimum atomic E-state index is -0.188. The molecule has 8 heteroatoms. The Morgan fingerprint density at radius 2 is 2.22 bits per heavy atom. The molecule has 0 saturated carbocycles. The Balaban J connectivity index is 1.56. The van der Waals surface area contributed by atoms with Crippen LogP contribution >= 0.6 is 0 Å². The molecule has 1 fully saturated rings. The van der Waals surface area contributed by atoms with Crippen molar-refractivity contribution >= 4 is 17.7 Å². The molecule has 146 valence electrons. The predicted octanol–water partition coefficient (Wildman–Crippen LogP) is 2.82. The van der Waals surface area contributed by atoms with Crippen molar-refractivity contribution in [3.63, 3.8) is 0 Å². The van der Waals surface area contributed by atoms with Gasteiger partial charge in [-0.25, -0.2) is 14.5 Å². The second-order valence-electron chi connectivity index (χ2n) is 7.52. The van der Waals surface area contributed by atoms with E-state index in [1.807, 2.05) is 17.7 Å². The van der Waals surface area contributed by atoms with Gasteiger partial charge in [0.2, 0.25) is 0 Å². The maximum atomic E-state index is 12.5. The van der Waals surface area contributed by atoms with Gasteiger partial charge in [0.1, 0.15) is 11.6 Å². The fourth-order valence-corrected chi connectivity index (χ4v) is 3.29. The highest BCUT2D eigenvalue weighted by Gasteiger charge is 2.23. The summed E-state index contributed by atoms with van der Waals surface area (Å²) < 4.78 is 1.88. The van der Waals surface area contributed by atoms with E-state index in [1.54, 1.807) is 18.6 Å². The zero-order valence-electron chi connectivity index (χ0n) is 16.4. The molecule has 3 rings (SSSR count). The quantitative estimate of drug-likeness (QED) is 0.815.